The maximum atomic E-state index is 13.3. The largest absolute Gasteiger partial charge is 0.486 e. The van der Waals surface area contributed by atoms with E-state index in [1.807, 2.05) is 59.0 Å². The molecule has 3 aromatic rings. The first-order valence-electron chi connectivity index (χ1n) is 10.9. The van der Waals surface area contributed by atoms with E-state index >= 15 is 0 Å². The number of thioether (sulfide) groups is 1. The van der Waals surface area contributed by atoms with Gasteiger partial charge < -0.3 is 14.2 Å². The Balaban J connectivity index is 1.39. The molecule has 0 spiro atoms. The fourth-order valence-corrected chi connectivity index (χ4v) is 4.87. The Morgan fingerprint density at radius 2 is 1.81 bits per heavy atom. The third-order valence-corrected chi connectivity index (χ3v) is 6.93. The second kappa shape index (κ2) is 10.9. The molecule has 1 amide bonds. The van der Waals surface area contributed by atoms with Crippen molar-refractivity contribution in [3.05, 3.63) is 65.4 Å². The van der Waals surface area contributed by atoms with E-state index in [0.717, 1.165) is 18.5 Å². The maximum Gasteiger partial charge on any atom is 0.237 e. The van der Waals surface area contributed by atoms with Crippen molar-refractivity contribution in [2.45, 2.75) is 49.9 Å². The number of nitrogens with zero attached hydrogens (tertiary/aromatic N) is 4. The molecule has 1 aromatic heterocycles. The molecule has 32 heavy (non-hydrogen) atoms. The highest BCUT2D eigenvalue weighted by Gasteiger charge is 2.27. The van der Waals surface area contributed by atoms with Gasteiger partial charge >= 0.3 is 0 Å². The number of anilines is 1. The van der Waals surface area contributed by atoms with E-state index in [-0.39, 0.29) is 18.6 Å². The van der Waals surface area contributed by atoms with Crippen LogP contribution in [0.3, 0.4) is 0 Å². The Labute approximate surface area is 197 Å². The van der Waals surface area contributed by atoms with Crippen molar-refractivity contribution in [1.29, 1.82) is 0 Å². The van der Waals surface area contributed by atoms with E-state index in [1.165, 1.54) is 31.0 Å². The third-order valence-electron chi connectivity index (χ3n) is 5.67. The van der Waals surface area contributed by atoms with Crippen LogP contribution in [0, 0.1) is 0 Å². The van der Waals surface area contributed by atoms with E-state index in [0.29, 0.717) is 27.5 Å². The standard InChI is InChI=1S/C24H27ClN4O2S/c1-28-22(16-31-21-14-12-18(25)13-15-21)26-27-24(28)32-17-23(30)29(19-8-4-2-5-9-19)20-10-6-3-7-11-20/h2,4-5,8-9,12-15,20H,3,6-7,10-11,16-17H2,1H3. The predicted octanol–water partition coefficient (Wildman–Crippen LogP) is 5.51. The van der Waals surface area contributed by atoms with E-state index in [9.17, 15) is 4.79 Å². The number of benzene rings is 2. The number of rotatable bonds is 8. The molecule has 1 heterocycles. The molecule has 0 bridgehead atoms. The zero-order chi connectivity index (χ0) is 22.3. The number of halogens is 1. The molecule has 8 heteroatoms. The summed E-state index contributed by atoms with van der Waals surface area (Å²) in [5, 5.41) is 9.86. The summed E-state index contributed by atoms with van der Waals surface area (Å²) in [6.45, 7) is 0.290. The van der Waals surface area contributed by atoms with Gasteiger partial charge in [0.1, 0.15) is 12.4 Å². The molecule has 0 atom stereocenters. The second-order valence-electron chi connectivity index (χ2n) is 7.88. The molecular formula is C24H27ClN4O2S. The zero-order valence-electron chi connectivity index (χ0n) is 18.1. The van der Waals surface area contributed by atoms with Crippen LogP contribution >= 0.6 is 23.4 Å². The maximum absolute atomic E-state index is 13.3. The fourth-order valence-electron chi connectivity index (χ4n) is 3.96. The van der Waals surface area contributed by atoms with Crippen LogP contribution < -0.4 is 9.64 Å². The molecular weight excluding hydrogens is 444 g/mol. The summed E-state index contributed by atoms with van der Waals surface area (Å²) in [5.41, 5.74) is 0.972. The fraction of sp³-hybridized carbons (Fsp3) is 0.375. The summed E-state index contributed by atoms with van der Waals surface area (Å²) in [7, 11) is 1.89. The molecule has 0 saturated heterocycles. The monoisotopic (exact) mass is 470 g/mol. The van der Waals surface area contributed by atoms with Gasteiger partial charge in [-0.2, -0.15) is 0 Å². The lowest BCUT2D eigenvalue weighted by Gasteiger charge is -2.34. The average molecular weight is 471 g/mol. The van der Waals surface area contributed by atoms with Gasteiger partial charge in [0.15, 0.2) is 11.0 Å². The minimum absolute atomic E-state index is 0.107. The van der Waals surface area contributed by atoms with Crippen LogP contribution in [0.2, 0.25) is 5.02 Å². The Kier molecular flexibility index (Phi) is 7.71. The van der Waals surface area contributed by atoms with Gasteiger partial charge in [-0.05, 0) is 49.2 Å². The van der Waals surface area contributed by atoms with Crippen LogP contribution in [0.25, 0.3) is 0 Å². The number of carbonyl (C=O) groups is 1. The van der Waals surface area contributed by atoms with E-state index < -0.39 is 0 Å². The number of carbonyl (C=O) groups excluding carboxylic acids is 1. The summed E-state index contributed by atoms with van der Waals surface area (Å²) in [5.74, 6) is 1.83. The van der Waals surface area contributed by atoms with Crippen molar-refractivity contribution in [2.24, 2.45) is 7.05 Å². The first-order valence-corrected chi connectivity index (χ1v) is 12.2. The second-order valence-corrected chi connectivity index (χ2v) is 9.26. The first-order chi connectivity index (χ1) is 15.6. The number of aromatic nitrogens is 3. The summed E-state index contributed by atoms with van der Waals surface area (Å²) in [6, 6.07) is 17.5. The van der Waals surface area contributed by atoms with Gasteiger partial charge in [0.05, 0.1) is 5.75 Å². The minimum atomic E-state index is 0.107. The SMILES string of the molecule is Cn1c(COc2ccc(Cl)cc2)nnc1SCC(=O)N(c1ccccc1)C1CCCCC1. The summed E-state index contributed by atoms with van der Waals surface area (Å²) in [6.07, 6.45) is 5.72. The van der Waals surface area contributed by atoms with E-state index in [2.05, 4.69) is 10.2 Å². The lowest BCUT2D eigenvalue weighted by atomic mass is 9.93. The van der Waals surface area contributed by atoms with Crippen LogP contribution in [0.1, 0.15) is 37.9 Å². The summed E-state index contributed by atoms with van der Waals surface area (Å²) >= 11 is 7.32. The highest BCUT2D eigenvalue weighted by Crippen LogP contribution is 2.29. The van der Waals surface area contributed by atoms with Gasteiger partial charge in [-0.3, -0.25) is 4.79 Å². The molecule has 0 N–H and O–H groups in total. The molecule has 168 valence electrons. The van der Waals surface area contributed by atoms with Crippen molar-refractivity contribution in [3.8, 4) is 5.75 Å². The van der Waals surface area contributed by atoms with Crippen LogP contribution in [-0.4, -0.2) is 32.5 Å². The van der Waals surface area contributed by atoms with Crippen molar-refractivity contribution in [2.75, 3.05) is 10.7 Å². The van der Waals surface area contributed by atoms with Gasteiger partial charge in [0.2, 0.25) is 5.91 Å². The van der Waals surface area contributed by atoms with Gasteiger partial charge in [-0.15, -0.1) is 10.2 Å². The number of hydrogen-bond donors (Lipinski definition) is 0. The van der Waals surface area contributed by atoms with Crippen molar-refractivity contribution >= 4 is 35.0 Å². The predicted molar refractivity (Wildman–Crippen MR) is 128 cm³/mol. The Hall–Kier alpha value is -2.51. The van der Waals surface area contributed by atoms with Gasteiger partial charge in [-0.25, -0.2) is 0 Å². The summed E-state index contributed by atoms with van der Waals surface area (Å²) < 4.78 is 7.65. The van der Waals surface area contributed by atoms with Crippen molar-refractivity contribution in [1.82, 2.24) is 14.8 Å². The Bertz CT molecular complexity index is 1020. The molecule has 1 aliphatic rings. The first kappa shape index (κ1) is 22.7. The smallest absolute Gasteiger partial charge is 0.237 e. The van der Waals surface area contributed by atoms with Gasteiger partial charge in [0, 0.05) is 23.8 Å². The number of para-hydroxylation sites is 1. The van der Waals surface area contributed by atoms with Gasteiger partial charge in [0.25, 0.3) is 0 Å². The lowest BCUT2D eigenvalue weighted by Crippen LogP contribution is -2.42. The zero-order valence-corrected chi connectivity index (χ0v) is 19.7. The topological polar surface area (TPSA) is 60.2 Å². The van der Waals surface area contributed by atoms with Crippen LogP contribution in [0.4, 0.5) is 5.69 Å². The quantitative estimate of drug-likeness (QED) is 0.406. The number of ether oxygens (including phenoxy) is 1. The van der Waals surface area contributed by atoms with Crippen molar-refractivity contribution in [3.63, 3.8) is 0 Å². The minimum Gasteiger partial charge on any atom is -0.486 e. The Morgan fingerprint density at radius 1 is 1.09 bits per heavy atom. The van der Waals surface area contributed by atoms with Gasteiger partial charge in [-0.1, -0.05) is 60.8 Å². The molecule has 1 aliphatic carbocycles. The molecule has 0 aliphatic heterocycles. The molecule has 4 rings (SSSR count). The van der Waals surface area contributed by atoms with Crippen LogP contribution in [-0.2, 0) is 18.4 Å². The molecule has 0 radical (unpaired) electrons. The molecule has 0 unspecified atom stereocenters. The van der Waals surface area contributed by atoms with E-state index in [1.54, 1.807) is 12.1 Å². The van der Waals surface area contributed by atoms with Crippen LogP contribution in [0.15, 0.2) is 59.8 Å². The van der Waals surface area contributed by atoms with E-state index in [4.69, 9.17) is 16.3 Å². The molecule has 6 nitrogen and oxygen atoms in total. The third kappa shape index (κ3) is 5.64. The normalized spacial score (nSPS) is 14.3. The molecule has 1 saturated carbocycles. The molecule has 1 fully saturated rings. The Morgan fingerprint density at radius 3 is 2.53 bits per heavy atom. The number of hydrogen-bond acceptors (Lipinski definition) is 5. The summed E-state index contributed by atoms with van der Waals surface area (Å²) in [4.78, 5) is 15.3. The highest BCUT2D eigenvalue weighted by atomic mass is 35.5. The lowest BCUT2D eigenvalue weighted by molar-refractivity contribution is -0.116. The highest BCUT2D eigenvalue weighted by molar-refractivity contribution is 7.99. The van der Waals surface area contributed by atoms with Crippen molar-refractivity contribution < 1.29 is 9.53 Å². The number of amides is 1. The average Bonchev–Trinajstić information content (AvgIpc) is 3.18. The molecule has 2 aromatic carbocycles. The van der Waals surface area contributed by atoms with Crippen LogP contribution in [0.5, 0.6) is 5.75 Å².